The molecule has 0 saturated heterocycles. The molecule has 1 heterocycles. The van der Waals surface area contributed by atoms with Gasteiger partial charge in [0.05, 0.1) is 24.7 Å². The monoisotopic (exact) mass is 248 g/mol. The van der Waals surface area contributed by atoms with Crippen molar-refractivity contribution in [2.75, 3.05) is 13.7 Å². The molecular weight excluding hydrogens is 232 g/mol. The van der Waals surface area contributed by atoms with E-state index in [0.29, 0.717) is 35.7 Å². The first kappa shape index (κ1) is 12.6. The maximum Gasteiger partial charge on any atom is 0.170 e. The number of hydrogen-bond acceptors (Lipinski definition) is 4. The zero-order chi connectivity index (χ0) is 13.3. The molecule has 1 aromatic carbocycles. The van der Waals surface area contributed by atoms with E-state index in [4.69, 9.17) is 9.47 Å². The number of rotatable bonds is 3. The number of ketones is 1. The van der Waals surface area contributed by atoms with Gasteiger partial charge in [-0.1, -0.05) is 0 Å². The maximum atomic E-state index is 11.8. The van der Waals surface area contributed by atoms with Crippen LogP contribution >= 0.6 is 0 Å². The lowest BCUT2D eigenvalue weighted by molar-refractivity contribution is -0.111. The average Bonchev–Trinajstić information content (AvgIpc) is 2.37. The summed E-state index contributed by atoms with van der Waals surface area (Å²) in [7, 11) is 1.54. The third-order valence-electron chi connectivity index (χ3n) is 3.15. The minimum atomic E-state index is -0.756. The molecule has 0 N–H and O–H groups in total. The molecule has 0 bridgehead atoms. The van der Waals surface area contributed by atoms with E-state index in [2.05, 4.69) is 0 Å². The first-order chi connectivity index (χ1) is 8.51. The van der Waals surface area contributed by atoms with Gasteiger partial charge in [-0.05, 0) is 26.0 Å². The highest BCUT2D eigenvalue weighted by Gasteiger charge is 2.33. The molecular formula is C14H16O4. The SMILES string of the molecule is COc1ccc2c(c1C(C)(C)C=O)OCCC2=O. The quantitative estimate of drug-likeness (QED) is 0.769. The van der Waals surface area contributed by atoms with Crippen LogP contribution in [0.5, 0.6) is 11.5 Å². The number of aldehydes is 1. The lowest BCUT2D eigenvalue weighted by atomic mass is 9.82. The molecule has 0 aromatic heterocycles. The van der Waals surface area contributed by atoms with Crippen LogP contribution in [0.3, 0.4) is 0 Å². The predicted molar refractivity (Wildman–Crippen MR) is 66.5 cm³/mol. The van der Waals surface area contributed by atoms with Gasteiger partial charge >= 0.3 is 0 Å². The molecule has 1 aliphatic heterocycles. The fourth-order valence-electron chi connectivity index (χ4n) is 2.15. The fourth-order valence-corrected chi connectivity index (χ4v) is 2.15. The number of Topliss-reactive ketones (excluding diaryl/α,β-unsaturated/α-hetero) is 1. The topological polar surface area (TPSA) is 52.6 Å². The second kappa shape index (κ2) is 4.44. The first-order valence-corrected chi connectivity index (χ1v) is 5.85. The van der Waals surface area contributed by atoms with Crippen LogP contribution in [-0.2, 0) is 10.2 Å². The first-order valence-electron chi connectivity index (χ1n) is 5.85. The Kier molecular flexibility index (Phi) is 3.11. The summed E-state index contributed by atoms with van der Waals surface area (Å²) >= 11 is 0. The van der Waals surface area contributed by atoms with Gasteiger partial charge in [0.1, 0.15) is 17.8 Å². The summed E-state index contributed by atoms with van der Waals surface area (Å²) in [4.78, 5) is 23.1. The Hall–Kier alpha value is -1.84. The lowest BCUT2D eigenvalue weighted by Gasteiger charge is -2.27. The third-order valence-corrected chi connectivity index (χ3v) is 3.15. The van der Waals surface area contributed by atoms with E-state index < -0.39 is 5.41 Å². The van der Waals surface area contributed by atoms with Gasteiger partial charge in [-0.3, -0.25) is 4.79 Å². The van der Waals surface area contributed by atoms with Crippen molar-refractivity contribution in [3.05, 3.63) is 23.3 Å². The summed E-state index contributed by atoms with van der Waals surface area (Å²) in [6.07, 6.45) is 1.22. The number of fused-ring (bicyclic) bond motifs is 1. The molecule has 2 rings (SSSR count). The molecule has 0 radical (unpaired) electrons. The number of methoxy groups -OCH3 is 1. The van der Waals surface area contributed by atoms with Gasteiger partial charge < -0.3 is 14.3 Å². The summed E-state index contributed by atoms with van der Waals surface area (Å²) in [5.74, 6) is 1.10. The summed E-state index contributed by atoms with van der Waals surface area (Å²) < 4.78 is 10.9. The molecule has 0 spiro atoms. The zero-order valence-corrected chi connectivity index (χ0v) is 10.8. The van der Waals surface area contributed by atoms with E-state index in [1.165, 1.54) is 7.11 Å². The molecule has 96 valence electrons. The van der Waals surface area contributed by atoms with E-state index in [-0.39, 0.29) is 5.78 Å². The molecule has 0 unspecified atom stereocenters. The molecule has 4 nitrogen and oxygen atoms in total. The number of carbonyl (C=O) groups excluding carboxylic acids is 2. The van der Waals surface area contributed by atoms with Crippen LogP contribution in [0, 0.1) is 0 Å². The molecule has 1 aromatic rings. The Morgan fingerprint density at radius 1 is 1.39 bits per heavy atom. The summed E-state index contributed by atoms with van der Waals surface area (Å²) in [6, 6.07) is 3.41. The van der Waals surface area contributed by atoms with Gasteiger partial charge in [0.2, 0.25) is 0 Å². The summed E-state index contributed by atoms with van der Waals surface area (Å²) in [6.45, 7) is 3.90. The van der Waals surface area contributed by atoms with Crippen LogP contribution in [0.15, 0.2) is 12.1 Å². The minimum Gasteiger partial charge on any atom is -0.496 e. The Morgan fingerprint density at radius 2 is 2.11 bits per heavy atom. The van der Waals surface area contributed by atoms with Gasteiger partial charge in [0, 0.05) is 12.0 Å². The lowest BCUT2D eigenvalue weighted by Crippen LogP contribution is -2.25. The van der Waals surface area contributed by atoms with Gasteiger partial charge in [-0.15, -0.1) is 0 Å². The van der Waals surface area contributed by atoms with E-state index in [1.54, 1.807) is 26.0 Å². The van der Waals surface area contributed by atoms with Crippen LogP contribution < -0.4 is 9.47 Å². The Labute approximate surface area is 106 Å². The number of ether oxygens (including phenoxy) is 2. The zero-order valence-electron chi connectivity index (χ0n) is 10.8. The van der Waals surface area contributed by atoms with Crippen LogP contribution in [0.1, 0.15) is 36.2 Å². The highest BCUT2D eigenvalue weighted by Crippen LogP contribution is 2.42. The van der Waals surface area contributed by atoms with Gasteiger partial charge in [0.25, 0.3) is 0 Å². The van der Waals surface area contributed by atoms with E-state index >= 15 is 0 Å². The van der Waals surface area contributed by atoms with Crippen molar-refractivity contribution < 1.29 is 19.1 Å². The second-order valence-electron chi connectivity index (χ2n) is 4.88. The molecule has 1 aliphatic rings. The number of carbonyl (C=O) groups is 2. The van der Waals surface area contributed by atoms with Crippen molar-refractivity contribution in [1.82, 2.24) is 0 Å². The van der Waals surface area contributed by atoms with Gasteiger partial charge in [-0.25, -0.2) is 0 Å². The van der Waals surface area contributed by atoms with E-state index in [0.717, 1.165) is 6.29 Å². The molecule has 0 atom stereocenters. The molecule has 0 amide bonds. The van der Waals surface area contributed by atoms with Crippen LogP contribution in [0.4, 0.5) is 0 Å². The Balaban J connectivity index is 2.71. The normalized spacial score (nSPS) is 14.7. The summed E-state index contributed by atoms with van der Waals surface area (Å²) in [5.41, 5.74) is 0.423. The fraction of sp³-hybridized carbons (Fsp3) is 0.429. The Morgan fingerprint density at radius 3 is 2.72 bits per heavy atom. The molecule has 0 fully saturated rings. The van der Waals surface area contributed by atoms with Crippen molar-refractivity contribution in [3.63, 3.8) is 0 Å². The van der Waals surface area contributed by atoms with Crippen LogP contribution in [-0.4, -0.2) is 25.8 Å². The Bertz CT molecular complexity index is 503. The van der Waals surface area contributed by atoms with Crippen molar-refractivity contribution in [3.8, 4) is 11.5 Å². The molecule has 0 aliphatic carbocycles. The van der Waals surface area contributed by atoms with Crippen molar-refractivity contribution in [2.24, 2.45) is 0 Å². The predicted octanol–water partition coefficient (Wildman–Crippen LogP) is 2.14. The average molecular weight is 248 g/mol. The molecule has 0 saturated carbocycles. The van der Waals surface area contributed by atoms with Crippen molar-refractivity contribution in [2.45, 2.75) is 25.7 Å². The van der Waals surface area contributed by atoms with Crippen LogP contribution in [0.25, 0.3) is 0 Å². The maximum absolute atomic E-state index is 11.8. The second-order valence-corrected chi connectivity index (χ2v) is 4.88. The van der Waals surface area contributed by atoms with Crippen LogP contribution in [0.2, 0.25) is 0 Å². The number of benzene rings is 1. The van der Waals surface area contributed by atoms with Crippen molar-refractivity contribution >= 4 is 12.1 Å². The highest BCUT2D eigenvalue weighted by atomic mass is 16.5. The smallest absolute Gasteiger partial charge is 0.170 e. The van der Waals surface area contributed by atoms with Crippen molar-refractivity contribution in [1.29, 1.82) is 0 Å². The molecule has 4 heteroatoms. The number of hydrogen-bond donors (Lipinski definition) is 0. The summed E-state index contributed by atoms with van der Waals surface area (Å²) in [5, 5.41) is 0. The third kappa shape index (κ3) is 1.88. The largest absolute Gasteiger partial charge is 0.496 e. The van der Waals surface area contributed by atoms with Gasteiger partial charge in [0.15, 0.2) is 5.78 Å². The molecule has 18 heavy (non-hydrogen) atoms. The van der Waals surface area contributed by atoms with Gasteiger partial charge in [-0.2, -0.15) is 0 Å². The van der Waals surface area contributed by atoms with E-state index in [1.807, 2.05) is 0 Å². The van der Waals surface area contributed by atoms with E-state index in [9.17, 15) is 9.59 Å². The highest BCUT2D eigenvalue weighted by molar-refractivity contribution is 6.01. The standard InChI is InChI=1S/C14H16O4/c1-14(2,8-15)12-11(17-3)5-4-9-10(16)6-7-18-13(9)12/h4-5,8H,6-7H2,1-3H3. The minimum absolute atomic E-state index is 0.0434.